The Bertz CT molecular complexity index is 1530. The molecule has 0 fully saturated rings. The van der Waals surface area contributed by atoms with Crippen LogP contribution in [0.5, 0.6) is 0 Å². The number of amides is 1. The molecule has 0 saturated heterocycles. The van der Waals surface area contributed by atoms with Crippen LogP contribution in [0.3, 0.4) is 0 Å². The van der Waals surface area contributed by atoms with Gasteiger partial charge < -0.3 is 9.88 Å². The number of pyridine rings is 2. The molecular weight excluding hydrogens is 469 g/mol. The number of alkyl halides is 3. The molecule has 0 aliphatic heterocycles. The second-order valence-corrected chi connectivity index (χ2v) is 8.99. The Kier molecular flexibility index (Phi) is 6.80. The quantitative estimate of drug-likeness (QED) is 0.383. The molecule has 184 valence electrons. The highest BCUT2D eigenvalue weighted by Crippen LogP contribution is 2.31. The average molecular weight is 493 g/mol. The van der Waals surface area contributed by atoms with Gasteiger partial charge in [-0.15, -0.1) is 0 Å². The fraction of sp³-hybridized carbons (Fsp3) is 0.259. The number of carbonyl (C=O) groups excluding carboxylic acids is 1. The summed E-state index contributed by atoms with van der Waals surface area (Å²) in [6.45, 7) is 3.73. The van der Waals surface area contributed by atoms with Crippen molar-refractivity contribution in [3.05, 3.63) is 88.6 Å². The van der Waals surface area contributed by atoms with Crippen LogP contribution in [-0.4, -0.2) is 15.5 Å². The van der Waals surface area contributed by atoms with Gasteiger partial charge in [-0.05, 0) is 41.3 Å². The average Bonchev–Trinajstić information content (AvgIpc) is 2.85. The van der Waals surface area contributed by atoms with Crippen LogP contribution in [0.15, 0.2) is 71.9 Å². The van der Waals surface area contributed by atoms with Gasteiger partial charge in [-0.2, -0.15) is 18.4 Å². The van der Waals surface area contributed by atoms with Gasteiger partial charge in [0.15, 0.2) is 0 Å². The molecule has 4 rings (SSSR count). The summed E-state index contributed by atoms with van der Waals surface area (Å²) in [7, 11) is 0. The number of nitrogens with zero attached hydrogens (tertiary/aromatic N) is 3. The van der Waals surface area contributed by atoms with Crippen LogP contribution in [0, 0.1) is 17.2 Å². The van der Waals surface area contributed by atoms with E-state index < -0.39 is 35.3 Å². The molecule has 0 bridgehead atoms. The molecule has 2 aromatic carbocycles. The van der Waals surface area contributed by atoms with Crippen molar-refractivity contribution in [3.63, 3.8) is 0 Å². The molecule has 1 amide bonds. The van der Waals surface area contributed by atoms with Gasteiger partial charge in [-0.1, -0.05) is 44.2 Å². The molecule has 0 aliphatic rings. The number of carbonyl (C=O) groups is 1. The van der Waals surface area contributed by atoms with Gasteiger partial charge in [0.1, 0.15) is 12.1 Å². The van der Waals surface area contributed by atoms with Gasteiger partial charge in [0.25, 0.3) is 5.56 Å². The largest absolute Gasteiger partial charge is 0.416 e. The smallest absolute Gasteiger partial charge is 0.335 e. The number of nitriles is 1. The first kappa shape index (κ1) is 24.9. The van der Waals surface area contributed by atoms with Gasteiger partial charge in [-0.25, -0.2) is 0 Å². The highest BCUT2D eigenvalue weighted by atomic mass is 19.4. The molecule has 0 radical (unpaired) electrons. The highest BCUT2D eigenvalue weighted by molar-refractivity contribution is 5.87. The van der Waals surface area contributed by atoms with E-state index in [0.29, 0.717) is 10.9 Å². The summed E-state index contributed by atoms with van der Waals surface area (Å²) in [6.07, 6.45) is 0.200. The normalized spacial score (nSPS) is 13.5. The molecule has 6 nitrogen and oxygen atoms in total. The Morgan fingerprint density at radius 1 is 1.08 bits per heavy atom. The lowest BCUT2D eigenvalue weighted by Gasteiger charge is -2.23. The van der Waals surface area contributed by atoms with E-state index in [1.807, 2.05) is 38.1 Å². The standard InChI is InChI=1S/C27H23F3N4O2/c1-16(2)11-24(34-10-9-17-7-8-19(27(28,29)30)12-21(17)26(34)36)25(35)33-23(13-31)22-15-32-14-18-5-3-4-6-20(18)22/h3-10,12,14-16,23-24H,11H2,1-2H3,(H,33,35)/t23?,24-/m1/s1. The third kappa shape index (κ3) is 4.93. The van der Waals surface area contributed by atoms with Crippen LogP contribution in [0.25, 0.3) is 21.5 Å². The Labute approximate surface area is 205 Å². The number of hydrogen-bond acceptors (Lipinski definition) is 4. The minimum absolute atomic E-state index is 0.0235. The van der Waals surface area contributed by atoms with E-state index >= 15 is 0 Å². The van der Waals surface area contributed by atoms with Gasteiger partial charge in [0, 0.05) is 34.9 Å². The summed E-state index contributed by atoms with van der Waals surface area (Å²) in [5.41, 5.74) is -1.14. The maximum absolute atomic E-state index is 13.5. The first-order valence-corrected chi connectivity index (χ1v) is 11.3. The van der Waals surface area contributed by atoms with Crippen molar-refractivity contribution < 1.29 is 18.0 Å². The van der Waals surface area contributed by atoms with E-state index in [0.717, 1.165) is 27.5 Å². The second kappa shape index (κ2) is 9.82. The monoisotopic (exact) mass is 492 g/mol. The third-order valence-electron chi connectivity index (χ3n) is 6.02. The minimum atomic E-state index is -4.61. The zero-order valence-corrected chi connectivity index (χ0v) is 19.6. The highest BCUT2D eigenvalue weighted by Gasteiger charge is 2.31. The molecule has 2 atom stereocenters. The van der Waals surface area contributed by atoms with Crippen molar-refractivity contribution >= 4 is 27.5 Å². The van der Waals surface area contributed by atoms with E-state index in [9.17, 15) is 28.0 Å². The summed E-state index contributed by atoms with van der Waals surface area (Å²) < 4.78 is 40.9. The molecule has 36 heavy (non-hydrogen) atoms. The predicted octanol–water partition coefficient (Wildman–Crippen LogP) is 5.54. The Morgan fingerprint density at radius 2 is 1.83 bits per heavy atom. The molecule has 2 heterocycles. The van der Waals surface area contributed by atoms with Gasteiger partial charge in [0.2, 0.25) is 5.91 Å². The number of benzene rings is 2. The van der Waals surface area contributed by atoms with E-state index in [-0.39, 0.29) is 17.7 Å². The van der Waals surface area contributed by atoms with Crippen molar-refractivity contribution in [2.75, 3.05) is 0 Å². The summed E-state index contributed by atoms with van der Waals surface area (Å²) in [5.74, 6) is -0.610. The summed E-state index contributed by atoms with van der Waals surface area (Å²) in [4.78, 5) is 30.9. The SMILES string of the molecule is CC(C)C[C@H](C(=O)NC(C#N)c1cncc2ccccc12)n1ccc2ccc(C(F)(F)F)cc2c1=O. The lowest BCUT2D eigenvalue weighted by molar-refractivity contribution is -0.137. The van der Waals surface area contributed by atoms with Gasteiger partial charge in [-0.3, -0.25) is 14.6 Å². The van der Waals surface area contributed by atoms with Crippen LogP contribution < -0.4 is 10.9 Å². The predicted molar refractivity (Wildman–Crippen MR) is 130 cm³/mol. The van der Waals surface area contributed by atoms with Crippen molar-refractivity contribution in [2.45, 2.75) is 38.5 Å². The van der Waals surface area contributed by atoms with E-state index in [1.54, 1.807) is 6.20 Å². The van der Waals surface area contributed by atoms with Crippen LogP contribution in [0.4, 0.5) is 13.2 Å². The van der Waals surface area contributed by atoms with E-state index in [2.05, 4.69) is 16.4 Å². The molecule has 0 spiro atoms. The van der Waals surface area contributed by atoms with Gasteiger partial charge >= 0.3 is 6.18 Å². The molecule has 0 aliphatic carbocycles. The molecule has 1 unspecified atom stereocenters. The number of halogens is 3. The number of hydrogen-bond donors (Lipinski definition) is 1. The maximum atomic E-state index is 13.5. The fourth-order valence-corrected chi connectivity index (χ4v) is 4.26. The molecule has 1 N–H and O–H groups in total. The first-order valence-electron chi connectivity index (χ1n) is 11.3. The van der Waals surface area contributed by atoms with Gasteiger partial charge in [0.05, 0.1) is 11.6 Å². The Morgan fingerprint density at radius 3 is 2.53 bits per heavy atom. The zero-order chi connectivity index (χ0) is 26.0. The molecule has 9 heteroatoms. The Hall–Kier alpha value is -4.19. The Balaban J connectivity index is 1.75. The third-order valence-corrected chi connectivity index (χ3v) is 6.02. The number of aromatic nitrogens is 2. The van der Waals surface area contributed by atoms with Crippen molar-refractivity contribution in [3.8, 4) is 6.07 Å². The summed E-state index contributed by atoms with van der Waals surface area (Å²) >= 11 is 0. The fourth-order valence-electron chi connectivity index (χ4n) is 4.26. The number of rotatable bonds is 6. The summed E-state index contributed by atoms with van der Waals surface area (Å²) in [5, 5.41) is 14.3. The van der Waals surface area contributed by atoms with Crippen LogP contribution in [0.1, 0.15) is 43.5 Å². The first-order chi connectivity index (χ1) is 17.1. The summed E-state index contributed by atoms with van der Waals surface area (Å²) in [6, 6.07) is 11.8. The molecule has 2 aromatic heterocycles. The lowest BCUT2D eigenvalue weighted by atomic mass is 9.99. The molecule has 4 aromatic rings. The van der Waals surface area contributed by atoms with E-state index in [4.69, 9.17) is 0 Å². The lowest BCUT2D eigenvalue weighted by Crippen LogP contribution is -2.39. The van der Waals surface area contributed by atoms with Crippen LogP contribution in [-0.2, 0) is 11.0 Å². The number of nitrogens with one attached hydrogen (secondary N) is 1. The molecular formula is C27H23F3N4O2. The van der Waals surface area contributed by atoms with Crippen LogP contribution >= 0.6 is 0 Å². The topological polar surface area (TPSA) is 87.8 Å². The maximum Gasteiger partial charge on any atom is 0.416 e. The van der Waals surface area contributed by atoms with Crippen molar-refractivity contribution in [1.82, 2.24) is 14.9 Å². The number of fused-ring (bicyclic) bond motifs is 2. The zero-order valence-electron chi connectivity index (χ0n) is 19.6. The molecule has 0 saturated carbocycles. The van der Waals surface area contributed by atoms with Crippen LogP contribution in [0.2, 0.25) is 0 Å². The van der Waals surface area contributed by atoms with Crippen molar-refractivity contribution in [2.24, 2.45) is 5.92 Å². The van der Waals surface area contributed by atoms with Crippen molar-refractivity contribution in [1.29, 1.82) is 5.26 Å². The second-order valence-electron chi connectivity index (χ2n) is 8.99. The minimum Gasteiger partial charge on any atom is -0.335 e. The van der Waals surface area contributed by atoms with E-state index in [1.165, 1.54) is 24.5 Å².